The topological polar surface area (TPSA) is 101 Å². The number of pyridine rings is 1. The molecule has 160 valence electrons. The Bertz CT molecular complexity index is 1070. The Hall–Kier alpha value is -2.55. The van der Waals surface area contributed by atoms with Crippen molar-refractivity contribution in [3.05, 3.63) is 69.7 Å². The zero-order chi connectivity index (χ0) is 21.8. The van der Waals surface area contributed by atoms with Gasteiger partial charge in [-0.1, -0.05) is 23.2 Å². The molecule has 0 amide bonds. The van der Waals surface area contributed by atoms with Gasteiger partial charge in [-0.2, -0.15) is 11.8 Å². The minimum atomic E-state index is 0.169. The lowest BCUT2D eigenvalue weighted by Gasteiger charge is -2.26. The number of rotatable bonds is 6. The zero-order valence-corrected chi connectivity index (χ0v) is 18.8. The number of anilines is 2. The van der Waals surface area contributed by atoms with Crippen LogP contribution in [0.5, 0.6) is 5.75 Å². The Morgan fingerprint density at radius 3 is 2.45 bits per heavy atom. The number of hydrogen-bond donors (Lipinski definition) is 2. The molecular weight excluding hydrogens is 455 g/mol. The highest BCUT2D eigenvalue weighted by atomic mass is 35.5. The number of halogens is 2. The van der Waals surface area contributed by atoms with E-state index in [2.05, 4.69) is 19.9 Å². The van der Waals surface area contributed by atoms with E-state index in [1.165, 1.54) is 12.4 Å². The van der Waals surface area contributed by atoms with Gasteiger partial charge in [0.05, 0.1) is 15.8 Å². The second kappa shape index (κ2) is 9.72. The third-order valence-electron chi connectivity index (χ3n) is 4.85. The summed E-state index contributed by atoms with van der Waals surface area (Å²) in [5, 5.41) is 9.47. The highest BCUT2D eigenvalue weighted by molar-refractivity contribution is 7.99. The van der Waals surface area contributed by atoms with E-state index in [1.807, 2.05) is 11.8 Å². The number of ether oxygens (including phenoxy) is 1. The Kier molecular flexibility index (Phi) is 6.80. The monoisotopic (exact) mass is 474 g/mol. The summed E-state index contributed by atoms with van der Waals surface area (Å²) in [4.78, 5) is 15.0. The normalized spacial score (nSPS) is 13.8. The lowest BCUT2D eigenvalue weighted by Crippen LogP contribution is -2.33. The fraction of sp³-hybridized carbons (Fsp3) is 0.238. The molecule has 1 aromatic carbocycles. The van der Waals surface area contributed by atoms with E-state index >= 15 is 0 Å². The average Bonchev–Trinajstić information content (AvgIpc) is 2.80. The summed E-state index contributed by atoms with van der Waals surface area (Å²) in [5.74, 6) is 3.37. The highest BCUT2D eigenvalue weighted by Crippen LogP contribution is 2.27. The van der Waals surface area contributed by atoms with Crippen LogP contribution in [0.25, 0.3) is 0 Å². The third-order valence-corrected chi connectivity index (χ3v) is 6.44. The van der Waals surface area contributed by atoms with Crippen LogP contribution >= 0.6 is 35.0 Å². The minimum absolute atomic E-state index is 0.169. The first-order valence-corrected chi connectivity index (χ1v) is 11.5. The van der Waals surface area contributed by atoms with Crippen LogP contribution in [0.1, 0.15) is 16.7 Å². The van der Waals surface area contributed by atoms with Gasteiger partial charge in [-0.05, 0) is 18.2 Å². The second-order valence-corrected chi connectivity index (χ2v) is 8.90. The predicted octanol–water partition coefficient (Wildman–Crippen LogP) is 4.31. The molecule has 0 saturated carbocycles. The van der Waals surface area contributed by atoms with E-state index in [0.29, 0.717) is 44.1 Å². The number of aromatic nitrogens is 3. The third kappa shape index (κ3) is 5.03. The number of nitrogens with zero attached hydrogens (tertiary/aromatic N) is 4. The standard InChI is InChI=1S/C21H20Cl2N6OS/c22-17-10-26-11-18(23)16(17)12-30-14-1-2-19(24)15(7-14)20(25)13-8-27-21(28-9-13)29-3-5-31-6-4-29/h1-2,7-11,25H,3-6,12,24H2. The van der Waals surface area contributed by atoms with E-state index in [0.717, 1.165) is 24.6 Å². The number of thioether (sulfide) groups is 1. The predicted molar refractivity (Wildman–Crippen MR) is 127 cm³/mol. The molecule has 1 aliphatic rings. The molecule has 0 aliphatic carbocycles. The molecule has 7 nitrogen and oxygen atoms in total. The molecule has 31 heavy (non-hydrogen) atoms. The van der Waals surface area contributed by atoms with Crippen molar-refractivity contribution in [1.29, 1.82) is 5.41 Å². The van der Waals surface area contributed by atoms with Crippen molar-refractivity contribution in [1.82, 2.24) is 15.0 Å². The van der Waals surface area contributed by atoms with Crippen LogP contribution in [-0.4, -0.2) is 45.3 Å². The molecule has 10 heteroatoms. The maximum absolute atomic E-state index is 8.60. The van der Waals surface area contributed by atoms with E-state index in [1.54, 1.807) is 30.6 Å². The van der Waals surface area contributed by atoms with Gasteiger partial charge in [0.25, 0.3) is 0 Å². The van der Waals surface area contributed by atoms with Crippen LogP contribution in [0.2, 0.25) is 10.0 Å². The van der Waals surface area contributed by atoms with Crippen molar-refractivity contribution in [2.24, 2.45) is 0 Å². The number of nitrogens with two attached hydrogens (primary N) is 1. The molecule has 1 aliphatic heterocycles. The van der Waals surface area contributed by atoms with E-state index in [9.17, 15) is 0 Å². The number of hydrogen-bond acceptors (Lipinski definition) is 8. The largest absolute Gasteiger partial charge is 0.489 e. The summed E-state index contributed by atoms with van der Waals surface area (Å²) in [5.41, 5.74) is 8.59. The van der Waals surface area contributed by atoms with Gasteiger partial charge in [-0.25, -0.2) is 9.97 Å². The first-order valence-electron chi connectivity index (χ1n) is 9.57. The van der Waals surface area contributed by atoms with Gasteiger partial charge in [0.2, 0.25) is 5.95 Å². The summed E-state index contributed by atoms with van der Waals surface area (Å²) in [6.07, 6.45) is 6.36. The van der Waals surface area contributed by atoms with Crippen LogP contribution in [-0.2, 0) is 6.61 Å². The summed E-state index contributed by atoms with van der Waals surface area (Å²) in [6, 6.07) is 5.16. The molecule has 3 aromatic rings. The van der Waals surface area contributed by atoms with Crippen molar-refractivity contribution in [3.63, 3.8) is 0 Å². The first-order chi connectivity index (χ1) is 15.0. The van der Waals surface area contributed by atoms with Gasteiger partial charge in [-0.15, -0.1) is 0 Å². The lowest BCUT2D eigenvalue weighted by atomic mass is 10.0. The minimum Gasteiger partial charge on any atom is -0.489 e. The van der Waals surface area contributed by atoms with Crippen molar-refractivity contribution in [2.45, 2.75) is 6.61 Å². The van der Waals surface area contributed by atoms with Crippen LogP contribution in [0.3, 0.4) is 0 Å². The Morgan fingerprint density at radius 1 is 1.10 bits per heavy atom. The van der Waals surface area contributed by atoms with Gasteiger partial charge in [0.1, 0.15) is 12.4 Å². The Balaban J connectivity index is 1.50. The Labute approximate surface area is 194 Å². The van der Waals surface area contributed by atoms with Gasteiger partial charge in [0.15, 0.2) is 0 Å². The molecule has 4 rings (SSSR count). The fourth-order valence-corrected chi connectivity index (χ4v) is 4.48. The average molecular weight is 475 g/mol. The fourth-order valence-electron chi connectivity index (χ4n) is 3.11. The van der Waals surface area contributed by atoms with Crippen LogP contribution < -0.4 is 15.4 Å². The molecule has 0 radical (unpaired) electrons. The summed E-state index contributed by atoms with van der Waals surface area (Å²) >= 11 is 14.2. The molecule has 3 heterocycles. The molecule has 3 N–H and O–H groups in total. The molecule has 1 fully saturated rings. The highest BCUT2D eigenvalue weighted by Gasteiger charge is 2.16. The van der Waals surface area contributed by atoms with Crippen molar-refractivity contribution < 1.29 is 4.74 Å². The molecule has 0 bridgehead atoms. The van der Waals surface area contributed by atoms with Crippen molar-refractivity contribution >= 4 is 52.3 Å². The zero-order valence-electron chi connectivity index (χ0n) is 16.5. The smallest absolute Gasteiger partial charge is 0.225 e. The van der Waals surface area contributed by atoms with Crippen LogP contribution in [0.4, 0.5) is 11.6 Å². The van der Waals surface area contributed by atoms with Crippen LogP contribution in [0.15, 0.2) is 43.0 Å². The van der Waals surface area contributed by atoms with Crippen molar-refractivity contribution in [3.8, 4) is 5.75 Å². The summed E-state index contributed by atoms with van der Waals surface area (Å²) < 4.78 is 5.85. The number of nitrogens with one attached hydrogen (secondary N) is 1. The van der Waals surface area contributed by atoms with Gasteiger partial charge in [0, 0.05) is 71.8 Å². The molecule has 0 atom stereocenters. The Morgan fingerprint density at radius 2 is 1.77 bits per heavy atom. The molecule has 1 saturated heterocycles. The summed E-state index contributed by atoms with van der Waals surface area (Å²) in [6.45, 7) is 2.03. The molecule has 0 spiro atoms. The van der Waals surface area contributed by atoms with Crippen molar-refractivity contribution in [2.75, 3.05) is 35.2 Å². The molecular formula is C21H20Cl2N6OS. The molecule has 0 unspecified atom stereocenters. The van der Waals surface area contributed by atoms with Gasteiger partial charge in [-0.3, -0.25) is 10.4 Å². The lowest BCUT2D eigenvalue weighted by molar-refractivity contribution is 0.306. The van der Waals surface area contributed by atoms with E-state index < -0.39 is 0 Å². The maximum atomic E-state index is 8.60. The van der Waals surface area contributed by atoms with E-state index in [4.69, 9.17) is 39.1 Å². The second-order valence-electron chi connectivity index (χ2n) is 6.87. The number of benzene rings is 1. The molecule has 2 aromatic heterocycles. The number of nitrogen functional groups attached to an aromatic ring is 1. The maximum Gasteiger partial charge on any atom is 0.225 e. The first kappa shape index (κ1) is 21.7. The summed E-state index contributed by atoms with van der Waals surface area (Å²) in [7, 11) is 0. The van der Waals surface area contributed by atoms with Crippen LogP contribution in [0, 0.1) is 5.41 Å². The van der Waals surface area contributed by atoms with E-state index in [-0.39, 0.29) is 12.3 Å². The van der Waals surface area contributed by atoms with Gasteiger partial charge < -0.3 is 15.4 Å². The quantitative estimate of drug-likeness (QED) is 0.405. The van der Waals surface area contributed by atoms with Gasteiger partial charge >= 0.3 is 0 Å². The SMILES string of the molecule is N=C(c1cnc(N2CCSCC2)nc1)c1cc(OCc2c(Cl)cncc2Cl)ccc1N.